The van der Waals surface area contributed by atoms with Crippen molar-refractivity contribution in [2.24, 2.45) is 0 Å². The molecule has 5 nitrogen and oxygen atoms in total. The van der Waals surface area contributed by atoms with Crippen LogP contribution >= 0.6 is 0 Å². The summed E-state index contributed by atoms with van der Waals surface area (Å²) < 4.78 is 4.82. The fourth-order valence-corrected chi connectivity index (χ4v) is 1.14. The molecule has 0 saturated carbocycles. The number of H-pyrrole nitrogens is 1. The van der Waals surface area contributed by atoms with E-state index in [1.807, 2.05) is 18.5 Å². The molecule has 1 aromatic heterocycles. The van der Waals surface area contributed by atoms with Gasteiger partial charge in [-0.05, 0) is 11.6 Å². The number of methoxy groups -OCH3 is 1. The zero-order chi connectivity index (χ0) is 10.9. The van der Waals surface area contributed by atoms with Gasteiger partial charge in [0, 0.05) is 32.6 Å². The average Bonchev–Trinajstić information content (AvgIpc) is 2.71. The van der Waals surface area contributed by atoms with E-state index in [0.717, 1.165) is 5.56 Å². The van der Waals surface area contributed by atoms with E-state index in [9.17, 15) is 4.79 Å². The van der Waals surface area contributed by atoms with Crippen LogP contribution in [0.3, 0.4) is 0 Å². The van der Waals surface area contributed by atoms with Crippen molar-refractivity contribution < 1.29 is 9.53 Å². The van der Waals surface area contributed by atoms with Crippen molar-refractivity contribution in [1.82, 2.24) is 15.6 Å². The minimum Gasteiger partial charge on any atom is -0.383 e. The van der Waals surface area contributed by atoms with Crippen LogP contribution in [0.25, 0.3) is 0 Å². The molecule has 5 heteroatoms. The smallest absolute Gasteiger partial charge is 0.234 e. The van der Waals surface area contributed by atoms with Gasteiger partial charge in [-0.15, -0.1) is 0 Å². The van der Waals surface area contributed by atoms with Gasteiger partial charge in [0.25, 0.3) is 0 Å². The normalized spacial score (nSPS) is 10.2. The van der Waals surface area contributed by atoms with Crippen LogP contribution in [0.15, 0.2) is 18.5 Å². The number of carbonyl (C=O) groups excluding carboxylic acids is 1. The quantitative estimate of drug-likeness (QED) is 0.550. The summed E-state index contributed by atoms with van der Waals surface area (Å²) in [5, 5.41) is 5.77. The molecular formula is C10H17N3O2. The van der Waals surface area contributed by atoms with E-state index in [2.05, 4.69) is 15.6 Å². The first-order chi connectivity index (χ1) is 7.33. The lowest BCUT2D eigenvalue weighted by Crippen LogP contribution is -2.35. The molecule has 15 heavy (non-hydrogen) atoms. The molecule has 0 aromatic carbocycles. The van der Waals surface area contributed by atoms with E-state index in [1.54, 1.807) is 7.11 Å². The van der Waals surface area contributed by atoms with Crippen LogP contribution in [0.5, 0.6) is 0 Å². The Bertz CT molecular complexity index is 272. The number of amides is 1. The number of nitrogens with one attached hydrogen (secondary N) is 3. The molecule has 0 unspecified atom stereocenters. The van der Waals surface area contributed by atoms with E-state index in [4.69, 9.17) is 4.74 Å². The Hall–Kier alpha value is -1.33. The van der Waals surface area contributed by atoms with Crippen LogP contribution in [0, 0.1) is 0 Å². The lowest BCUT2D eigenvalue weighted by Gasteiger charge is -2.05. The van der Waals surface area contributed by atoms with Crippen molar-refractivity contribution in [3.05, 3.63) is 24.0 Å². The molecule has 0 fully saturated rings. The van der Waals surface area contributed by atoms with Gasteiger partial charge in [0.1, 0.15) is 0 Å². The third-order valence-corrected chi connectivity index (χ3v) is 1.91. The van der Waals surface area contributed by atoms with Gasteiger partial charge in [-0.1, -0.05) is 0 Å². The molecular weight excluding hydrogens is 194 g/mol. The van der Waals surface area contributed by atoms with Crippen molar-refractivity contribution in [3.8, 4) is 0 Å². The molecule has 84 valence electrons. The van der Waals surface area contributed by atoms with Crippen LogP contribution in [-0.4, -0.2) is 37.7 Å². The Kier molecular flexibility index (Phi) is 5.50. The van der Waals surface area contributed by atoms with Crippen molar-refractivity contribution in [3.63, 3.8) is 0 Å². The number of carbonyl (C=O) groups is 1. The number of hydrogen-bond acceptors (Lipinski definition) is 3. The molecule has 1 heterocycles. The highest BCUT2D eigenvalue weighted by Gasteiger charge is 1.99. The van der Waals surface area contributed by atoms with E-state index < -0.39 is 0 Å². The first-order valence-electron chi connectivity index (χ1n) is 4.91. The van der Waals surface area contributed by atoms with Crippen LogP contribution in [0.2, 0.25) is 0 Å². The Morgan fingerprint density at radius 3 is 3.13 bits per heavy atom. The van der Waals surface area contributed by atoms with Crippen LogP contribution in [0.4, 0.5) is 0 Å². The molecule has 0 bridgehead atoms. The first-order valence-corrected chi connectivity index (χ1v) is 4.91. The van der Waals surface area contributed by atoms with Gasteiger partial charge in [0.05, 0.1) is 13.2 Å². The molecule has 0 aliphatic heterocycles. The molecule has 1 aromatic rings. The topological polar surface area (TPSA) is 66.2 Å². The SMILES string of the molecule is COCCNC(=O)CNCc1cc[nH]c1. The Morgan fingerprint density at radius 2 is 2.47 bits per heavy atom. The molecule has 3 N–H and O–H groups in total. The van der Waals surface area contributed by atoms with E-state index in [0.29, 0.717) is 26.2 Å². The molecule has 0 saturated heterocycles. The highest BCUT2D eigenvalue weighted by molar-refractivity contribution is 5.77. The zero-order valence-electron chi connectivity index (χ0n) is 8.88. The average molecular weight is 211 g/mol. The van der Waals surface area contributed by atoms with Crippen LogP contribution in [-0.2, 0) is 16.1 Å². The maximum atomic E-state index is 11.2. The van der Waals surface area contributed by atoms with Gasteiger partial charge < -0.3 is 20.4 Å². The fraction of sp³-hybridized carbons (Fsp3) is 0.500. The highest BCUT2D eigenvalue weighted by atomic mass is 16.5. The van der Waals surface area contributed by atoms with Crippen LogP contribution in [0.1, 0.15) is 5.56 Å². The van der Waals surface area contributed by atoms with Gasteiger partial charge in [0.15, 0.2) is 0 Å². The summed E-state index contributed by atoms with van der Waals surface area (Å²) in [5.41, 5.74) is 1.14. The monoisotopic (exact) mass is 211 g/mol. The summed E-state index contributed by atoms with van der Waals surface area (Å²) in [7, 11) is 1.61. The van der Waals surface area contributed by atoms with Gasteiger partial charge in [-0.25, -0.2) is 0 Å². The summed E-state index contributed by atoms with van der Waals surface area (Å²) in [6, 6.07) is 1.97. The van der Waals surface area contributed by atoms with Gasteiger partial charge in [-0.3, -0.25) is 4.79 Å². The van der Waals surface area contributed by atoms with Gasteiger partial charge >= 0.3 is 0 Å². The summed E-state index contributed by atoms with van der Waals surface area (Å²) in [6.45, 7) is 2.13. The molecule has 0 aliphatic rings. The minimum atomic E-state index is -0.0115. The zero-order valence-corrected chi connectivity index (χ0v) is 8.88. The molecule has 0 radical (unpaired) electrons. The summed E-state index contributed by atoms with van der Waals surface area (Å²) in [5.74, 6) is -0.0115. The molecule has 1 amide bonds. The highest BCUT2D eigenvalue weighted by Crippen LogP contribution is 1.93. The number of aromatic amines is 1. The van der Waals surface area contributed by atoms with E-state index in [-0.39, 0.29) is 5.91 Å². The third kappa shape index (κ3) is 5.19. The maximum Gasteiger partial charge on any atom is 0.234 e. The van der Waals surface area contributed by atoms with Crippen molar-refractivity contribution >= 4 is 5.91 Å². The standard InChI is InChI=1S/C10H17N3O2/c1-15-5-4-13-10(14)8-12-7-9-2-3-11-6-9/h2-3,6,11-12H,4-5,7-8H2,1H3,(H,13,14). The molecule has 0 aliphatic carbocycles. The summed E-state index contributed by atoms with van der Waals surface area (Å²) in [6.07, 6.45) is 3.76. The number of ether oxygens (including phenoxy) is 1. The lowest BCUT2D eigenvalue weighted by atomic mass is 10.3. The largest absolute Gasteiger partial charge is 0.383 e. The second kappa shape index (κ2) is 7.03. The first kappa shape index (κ1) is 11.7. The molecule has 0 spiro atoms. The maximum absolute atomic E-state index is 11.2. The van der Waals surface area contributed by atoms with Gasteiger partial charge in [0.2, 0.25) is 5.91 Å². The Labute approximate surface area is 89.2 Å². The minimum absolute atomic E-state index is 0.0115. The summed E-state index contributed by atoms with van der Waals surface area (Å²) >= 11 is 0. The summed E-state index contributed by atoms with van der Waals surface area (Å²) in [4.78, 5) is 14.2. The molecule has 1 rings (SSSR count). The van der Waals surface area contributed by atoms with E-state index in [1.165, 1.54) is 0 Å². The number of aromatic nitrogens is 1. The number of rotatable bonds is 7. The van der Waals surface area contributed by atoms with Crippen molar-refractivity contribution in [2.75, 3.05) is 26.8 Å². The predicted molar refractivity (Wildman–Crippen MR) is 57.4 cm³/mol. The van der Waals surface area contributed by atoms with E-state index >= 15 is 0 Å². The second-order valence-corrected chi connectivity index (χ2v) is 3.17. The Balaban J connectivity index is 2.02. The predicted octanol–water partition coefficient (Wildman–Crippen LogP) is -0.133. The number of hydrogen-bond donors (Lipinski definition) is 3. The fourth-order valence-electron chi connectivity index (χ4n) is 1.14. The Morgan fingerprint density at radius 1 is 1.60 bits per heavy atom. The second-order valence-electron chi connectivity index (χ2n) is 3.17. The lowest BCUT2D eigenvalue weighted by molar-refractivity contribution is -0.120. The van der Waals surface area contributed by atoms with Crippen molar-refractivity contribution in [1.29, 1.82) is 0 Å². The third-order valence-electron chi connectivity index (χ3n) is 1.91. The van der Waals surface area contributed by atoms with Gasteiger partial charge in [-0.2, -0.15) is 0 Å². The molecule has 0 atom stereocenters. The van der Waals surface area contributed by atoms with Crippen molar-refractivity contribution in [2.45, 2.75) is 6.54 Å². The van der Waals surface area contributed by atoms with Crippen LogP contribution < -0.4 is 10.6 Å².